The second-order valence-corrected chi connectivity index (χ2v) is 3.45. The minimum absolute atomic E-state index is 0.216. The van der Waals surface area contributed by atoms with Gasteiger partial charge in [-0.3, -0.25) is 4.79 Å². The van der Waals surface area contributed by atoms with E-state index in [1.807, 2.05) is 13.8 Å². The Hall–Kier alpha value is -1.65. The number of nitrogens with one attached hydrogen (secondary N) is 1. The van der Waals surface area contributed by atoms with E-state index in [9.17, 15) is 4.79 Å². The second-order valence-electron chi connectivity index (χ2n) is 3.45. The van der Waals surface area contributed by atoms with E-state index < -0.39 is 0 Å². The molecule has 0 saturated carbocycles. The Labute approximate surface area is 82.7 Å². The van der Waals surface area contributed by atoms with Gasteiger partial charge in [-0.2, -0.15) is 0 Å². The fourth-order valence-corrected chi connectivity index (χ4v) is 0.851. The summed E-state index contributed by atoms with van der Waals surface area (Å²) in [7, 11) is 0. The van der Waals surface area contributed by atoms with E-state index in [1.54, 1.807) is 12.1 Å². The zero-order chi connectivity index (χ0) is 10.6. The predicted molar refractivity (Wildman–Crippen MR) is 53.6 cm³/mol. The molecule has 0 bridgehead atoms. The number of nitrogen functional groups attached to an aromatic ring is 1. The maximum atomic E-state index is 11.4. The average Bonchev–Trinajstić information content (AvgIpc) is 2.15. The van der Waals surface area contributed by atoms with Crippen molar-refractivity contribution >= 4 is 11.7 Å². The molecule has 5 heteroatoms. The smallest absolute Gasteiger partial charge is 0.271 e. The van der Waals surface area contributed by atoms with E-state index in [0.717, 1.165) is 0 Å². The van der Waals surface area contributed by atoms with E-state index in [2.05, 4.69) is 15.5 Å². The third kappa shape index (κ3) is 3.01. The van der Waals surface area contributed by atoms with E-state index in [0.29, 0.717) is 24.0 Å². The maximum Gasteiger partial charge on any atom is 0.271 e. The molecule has 14 heavy (non-hydrogen) atoms. The number of amides is 1. The highest BCUT2D eigenvalue weighted by atomic mass is 16.1. The van der Waals surface area contributed by atoms with Crippen LogP contribution in [0.5, 0.6) is 0 Å². The third-order valence-electron chi connectivity index (χ3n) is 1.59. The van der Waals surface area contributed by atoms with Crippen LogP contribution < -0.4 is 11.1 Å². The van der Waals surface area contributed by atoms with Crippen molar-refractivity contribution in [1.29, 1.82) is 0 Å². The molecule has 0 spiro atoms. The van der Waals surface area contributed by atoms with Crippen LogP contribution in [0, 0.1) is 5.92 Å². The fraction of sp³-hybridized carbons (Fsp3) is 0.444. The highest BCUT2D eigenvalue weighted by Crippen LogP contribution is 1.97. The van der Waals surface area contributed by atoms with Crippen LogP contribution in [0.3, 0.4) is 0 Å². The van der Waals surface area contributed by atoms with Crippen LogP contribution in [-0.2, 0) is 0 Å². The number of carbonyl (C=O) groups excluding carboxylic acids is 1. The lowest BCUT2D eigenvalue weighted by Crippen LogP contribution is -2.28. The summed E-state index contributed by atoms with van der Waals surface area (Å²) in [6.45, 7) is 4.68. The van der Waals surface area contributed by atoms with Crippen molar-refractivity contribution < 1.29 is 4.79 Å². The molecule has 0 unspecified atom stereocenters. The summed E-state index contributed by atoms with van der Waals surface area (Å²) in [5, 5.41) is 10.00. The number of nitrogens with two attached hydrogens (primary N) is 1. The Kier molecular flexibility index (Phi) is 3.39. The quantitative estimate of drug-likeness (QED) is 0.731. The summed E-state index contributed by atoms with van der Waals surface area (Å²) in [6, 6.07) is 3.11. The molecule has 0 aliphatic carbocycles. The van der Waals surface area contributed by atoms with Crippen molar-refractivity contribution in [3.05, 3.63) is 17.8 Å². The van der Waals surface area contributed by atoms with Crippen LogP contribution in [0.25, 0.3) is 0 Å². The van der Waals surface area contributed by atoms with Crippen LogP contribution in [0.15, 0.2) is 12.1 Å². The molecule has 0 saturated heterocycles. The molecule has 1 aromatic heterocycles. The summed E-state index contributed by atoms with van der Waals surface area (Å²) < 4.78 is 0. The topological polar surface area (TPSA) is 80.9 Å². The van der Waals surface area contributed by atoms with Gasteiger partial charge in [-0.1, -0.05) is 13.8 Å². The molecule has 0 aliphatic rings. The lowest BCUT2D eigenvalue weighted by molar-refractivity contribution is 0.0943. The average molecular weight is 194 g/mol. The Morgan fingerprint density at radius 3 is 2.71 bits per heavy atom. The monoisotopic (exact) mass is 194 g/mol. The van der Waals surface area contributed by atoms with E-state index in [-0.39, 0.29) is 5.91 Å². The molecule has 1 aromatic rings. The van der Waals surface area contributed by atoms with Crippen LogP contribution in [-0.4, -0.2) is 22.6 Å². The van der Waals surface area contributed by atoms with E-state index >= 15 is 0 Å². The molecule has 1 amide bonds. The fourth-order valence-electron chi connectivity index (χ4n) is 0.851. The Morgan fingerprint density at radius 2 is 2.21 bits per heavy atom. The van der Waals surface area contributed by atoms with Crippen LogP contribution in [0.2, 0.25) is 0 Å². The lowest BCUT2D eigenvalue weighted by atomic mass is 10.2. The number of hydrogen-bond donors (Lipinski definition) is 2. The van der Waals surface area contributed by atoms with Crippen LogP contribution in [0.1, 0.15) is 24.3 Å². The molecule has 0 aliphatic heterocycles. The first-order chi connectivity index (χ1) is 6.59. The molecule has 0 radical (unpaired) electrons. The summed E-state index contributed by atoms with van der Waals surface area (Å²) in [5.41, 5.74) is 5.64. The Bertz CT molecular complexity index is 307. The Morgan fingerprint density at radius 1 is 1.50 bits per heavy atom. The van der Waals surface area contributed by atoms with Crippen LogP contribution >= 0.6 is 0 Å². The number of anilines is 1. The molecule has 0 fully saturated rings. The van der Waals surface area contributed by atoms with Gasteiger partial charge in [0.2, 0.25) is 0 Å². The molecule has 1 heterocycles. The first-order valence-corrected chi connectivity index (χ1v) is 4.47. The van der Waals surface area contributed by atoms with Crippen molar-refractivity contribution in [2.75, 3.05) is 12.3 Å². The zero-order valence-electron chi connectivity index (χ0n) is 8.32. The molecule has 76 valence electrons. The SMILES string of the molecule is CC(C)CNC(=O)c1ccc(N)nn1. The predicted octanol–water partition coefficient (Wildman–Crippen LogP) is 0.445. The standard InChI is InChI=1S/C9H14N4O/c1-6(2)5-11-9(14)7-3-4-8(10)13-12-7/h3-4,6H,5H2,1-2H3,(H2,10,13)(H,11,14). The van der Waals surface area contributed by atoms with Crippen molar-refractivity contribution in [1.82, 2.24) is 15.5 Å². The minimum Gasteiger partial charge on any atom is -0.382 e. The molecule has 1 rings (SSSR count). The third-order valence-corrected chi connectivity index (χ3v) is 1.59. The second kappa shape index (κ2) is 4.55. The van der Waals surface area contributed by atoms with Gasteiger partial charge in [0.15, 0.2) is 5.69 Å². The van der Waals surface area contributed by atoms with Crippen molar-refractivity contribution in [2.45, 2.75) is 13.8 Å². The number of nitrogens with zero attached hydrogens (tertiary/aromatic N) is 2. The van der Waals surface area contributed by atoms with Gasteiger partial charge in [0.25, 0.3) is 5.91 Å². The molecule has 0 atom stereocenters. The van der Waals surface area contributed by atoms with E-state index in [4.69, 9.17) is 5.73 Å². The summed E-state index contributed by atoms with van der Waals surface area (Å²) in [4.78, 5) is 11.4. The first-order valence-electron chi connectivity index (χ1n) is 4.47. The largest absolute Gasteiger partial charge is 0.382 e. The summed E-state index contributed by atoms with van der Waals surface area (Å²) in [6.07, 6.45) is 0. The number of hydrogen-bond acceptors (Lipinski definition) is 4. The van der Waals surface area contributed by atoms with Crippen molar-refractivity contribution in [3.8, 4) is 0 Å². The first kappa shape index (κ1) is 10.4. The number of carbonyl (C=O) groups is 1. The number of rotatable bonds is 3. The van der Waals surface area contributed by atoms with Gasteiger partial charge >= 0.3 is 0 Å². The van der Waals surface area contributed by atoms with Gasteiger partial charge in [-0.15, -0.1) is 10.2 Å². The molecular weight excluding hydrogens is 180 g/mol. The van der Waals surface area contributed by atoms with Gasteiger partial charge in [0.05, 0.1) is 0 Å². The summed E-state index contributed by atoms with van der Waals surface area (Å²) >= 11 is 0. The molecule has 5 nitrogen and oxygen atoms in total. The number of aromatic nitrogens is 2. The lowest BCUT2D eigenvalue weighted by Gasteiger charge is -2.06. The zero-order valence-corrected chi connectivity index (χ0v) is 8.32. The van der Waals surface area contributed by atoms with Gasteiger partial charge in [-0.25, -0.2) is 0 Å². The highest BCUT2D eigenvalue weighted by Gasteiger charge is 2.07. The highest BCUT2D eigenvalue weighted by molar-refractivity contribution is 5.92. The molecule has 0 aromatic carbocycles. The molecule has 3 N–H and O–H groups in total. The maximum absolute atomic E-state index is 11.4. The molecular formula is C9H14N4O. The van der Waals surface area contributed by atoms with Gasteiger partial charge in [-0.05, 0) is 18.1 Å². The van der Waals surface area contributed by atoms with Crippen LogP contribution in [0.4, 0.5) is 5.82 Å². The van der Waals surface area contributed by atoms with E-state index in [1.165, 1.54) is 0 Å². The minimum atomic E-state index is -0.216. The normalized spacial score (nSPS) is 10.2. The Balaban J connectivity index is 2.57. The van der Waals surface area contributed by atoms with Crippen molar-refractivity contribution in [2.24, 2.45) is 5.92 Å². The van der Waals surface area contributed by atoms with Gasteiger partial charge in [0.1, 0.15) is 5.82 Å². The van der Waals surface area contributed by atoms with Gasteiger partial charge < -0.3 is 11.1 Å². The van der Waals surface area contributed by atoms with Gasteiger partial charge in [0, 0.05) is 6.54 Å². The van der Waals surface area contributed by atoms with Crippen molar-refractivity contribution in [3.63, 3.8) is 0 Å². The summed E-state index contributed by atoms with van der Waals surface area (Å²) in [5.74, 6) is 0.511.